The molecule has 26 heavy (non-hydrogen) atoms. The number of azo groups is 1. The predicted molar refractivity (Wildman–Crippen MR) is 102 cm³/mol. The van der Waals surface area contributed by atoms with E-state index >= 15 is 0 Å². The number of benzene rings is 3. The fourth-order valence-electron chi connectivity index (χ4n) is 2.36. The molecule has 0 aliphatic rings. The van der Waals surface area contributed by atoms with E-state index in [9.17, 15) is 18.1 Å². The molecule has 3 rings (SSSR count). The van der Waals surface area contributed by atoms with Crippen LogP contribution in [-0.2, 0) is 10.1 Å². The Morgan fingerprint density at radius 1 is 0.962 bits per heavy atom. The molecule has 0 unspecified atom stereocenters. The van der Waals surface area contributed by atoms with Gasteiger partial charge in [-0.3, -0.25) is 4.55 Å². The molecule has 0 aliphatic heterocycles. The second kappa shape index (κ2) is 8.04. The van der Waals surface area contributed by atoms with Crippen molar-refractivity contribution in [1.29, 1.82) is 0 Å². The van der Waals surface area contributed by atoms with Crippen LogP contribution in [0.25, 0.3) is 10.8 Å². The molecule has 2 N–H and O–H groups in total. The molecule has 9 heteroatoms. The predicted octanol–water partition coefficient (Wildman–Crippen LogP) is 4.79. The fourth-order valence-corrected chi connectivity index (χ4v) is 3.16. The number of phenols is 1. The number of hydrogen-bond donors (Lipinski definition) is 2. The van der Waals surface area contributed by atoms with Crippen LogP contribution in [0.4, 0.5) is 11.4 Å². The molecule has 0 saturated heterocycles. The van der Waals surface area contributed by atoms with Crippen LogP contribution in [0.3, 0.4) is 0 Å². The molecule has 3 aromatic rings. The van der Waals surface area contributed by atoms with Crippen LogP contribution in [0.1, 0.15) is 5.56 Å². The number of fused-ring (bicyclic) bond motifs is 1. The molecule has 1 radical (unpaired) electrons. The van der Waals surface area contributed by atoms with Crippen LogP contribution in [0.5, 0.6) is 5.75 Å². The molecule has 0 heterocycles. The van der Waals surface area contributed by atoms with E-state index in [-0.39, 0.29) is 50.9 Å². The number of halogens is 1. The van der Waals surface area contributed by atoms with Crippen molar-refractivity contribution in [2.24, 2.45) is 10.2 Å². The van der Waals surface area contributed by atoms with Crippen molar-refractivity contribution in [3.8, 4) is 5.75 Å². The third-order valence-electron chi connectivity index (χ3n) is 3.73. The summed E-state index contributed by atoms with van der Waals surface area (Å²) < 4.78 is 31.9. The van der Waals surface area contributed by atoms with Gasteiger partial charge in [0.05, 0.1) is 16.3 Å². The third-order valence-corrected chi connectivity index (χ3v) is 4.96. The number of rotatable bonds is 3. The first kappa shape index (κ1) is 20.8. The van der Waals surface area contributed by atoms with Gasteiger partial charge in [0, 0.05) is 45.4 Å². The minimum absolute atomic E-state index is 0. The molecule has 0 aliphatic carbocycles. The van der Waals surface area contributed by atoms with Crippen molar-refractivity contribution in [3.63, 3.8) is 0 Å². The Bertz CT molecular complexity index is 1120. The van der Waals surface area contributed by atoms with Crippen molar-refractivity contribution in [2.75, 3.05) is 0 Å². The fraction of sp³-hybridized carbons (Fsp3) is 0.0588. The standard InChI is InChI=1S/C17H13ClN2O4S.Na/c1-10-14(18)8-11(25(22,23)24)9-16(10)20-19-15-6-7-17(21)13-5-3-2-4-12(13)15;/h2-9,21H,1H3,(H,22,23,24);. The Morgan fingerprint density at radius 2 is 1.58 bits per heavy atom. The van der Waals surface area contributed by atoms with E-state index in [1.54, 1.807) is 31.2 Å². The first-order valence-corrected chi connectivity index (χ1v) is 8.99. The summed E-state index contributed by atoms with van der Waals surface area (Å²) >= 11 is 6.01. The number of phenolic OH excluding ortho intramolecular Hbond substituents is 1. The van der Waals surface area contributed by atoms with E-state index < -0.39 is 10.1 Å². The maximum atomic E-state index is 11.3. The monoisotopic (exact) mass is 399 g/mol. The molecule has 0 bridgehead atoms. The molecule has 0 aromatic heterocycles. The Labute approximate surface area is 177 Å². The summed E-state index contributed by atoms with van der Waals surface area (Å²) in [5, 5.41) is 19.6. The minimum atomic E-state index is -4.41. The van der Waals surface area contributed by atoms with Gasteiger partial charge in [-0.05, 0) is 36.8 Å². The number of nitrogens with zero attached hydrogens (tertiary/aromatic N) is 2. The number of aromatic hydroxyl groups is 1. The number of hydrogen-bond acceptors (Lipinski definition) is 5. The maximum Gasteiger partial charge on any atom is 0.294 e. The zero-order valence-electron chi connectivity index (χ0n) is 14.0. The van der Waals surface area contributed by atoms with Crippen LogP contribution in [0.2, 0.25) is 5.02 Å². The zero-order valence-corrected chi connectivity index (χ0v) is 17.6. The molecule has 0 spiro atoms. The Hall–Kier alpha value is -1.48. The SMILES string of the molecule is Cc1c(Cl)cc(S(=O)(=O)O)cc1N=Nc1ccc(O)c2ccccc12.[Na]. The minimum Gasteiger partial charge on any atom is -0.507 e. The van der Waals surface area contributed by atoms with Crippen molar-refractivity contribution in [2.45, 2.75) is 11.8 Å². The summed E-state index contributed by atoms with van der Waals surface area (Å²) in [6.45, 7) is 1.67. The van der Waals surface area contributed by atoms with Crippen molar-refractivity contribution < 1.29 is 18.1 Å². The van der Waals surface area contributed by atoms with Gasteiger partial charge in [-0.2, -0.15) is 13.5 Å². The molecule has 0 fully saturated rings. The van der Waals surface area contributed by atoms with E-state index in [1.165, 1.54) is 12.1 Å². The van der Waals surface area contributed by atoms with Crippen molar-refractivity contribution >= 4 is 73.4 Å². The third kappa shape index (κ3) is 4.25. The van der Waals surface area contributed by atoms with Gasteiger partial charge in [0.2, 0.25) is 0 Å². The smallest absolute Gasteiger partial charge is 0.294 e. The van der Waals surface area contributed by atoms with E-state index in [0.29, 0.717) is 22.0 Å². The summed E-state index contributed by atoms with van der Waals surface area (Å²) in [6, 6.07) is 12.6. The normalized spacial score (nSPS) is 11.7. The summed E-state index contributed by atoms with van der Waals surface area (Å²) in [6.07, 6.45) is 0. The van der Waals surface area contributed by atoms with Crippen LogP contribution in [0.15, 0.2) is 63.7 Å². The molecule has 3 aromatic carbocycles. The van der Waals surface area contributed by atoms with Gasteiger partial charge in [-0.25, -0.2) is 0 Å². The first-order chi connectivity index (χ1) is 11.8. The van der Waals surface area contributed by atoms with Gasteiger partial charge in [-0.1, -0.05) is 35.9 Å². The molecule has 129 valence electrons. The largest absolute Gasteiger partial charge is 0.507 e. The Balaban J connectivity index is 0.00000243. The van der Waals surface area contributed by atoms with Crippen molar-refractivity contribution in [3.05, 3.63) is 59.1 Å². The second-order valence-corrected chi connectivity index (χ2v) is 7.20. The first-order valence-electron chi connectivity index (χ1n) is 7.17. The van der Waals surface area contributed by atoms with Gasteiger partial charge in [0.15, 0.2) is 0 Å². The Kier molecular flexibility index (Phi) is 6.44. The summed E-state index contributed by atoms with van der Waals surface area (Å²) in [5.41, 5.74) is 1.25. The average molecular weight is 400 g/mol. The van der Waals surface area contributed by atoms with Gasteiger partial charge in [0.25, 0.3) is 10.1 Å². The van der Waals surface area contributed by atoms with Gasteiger partial charge < -0.3 is 5.11 Å². The Morgan fingerprint density at radius 3 is 2.23 bits per heavy atom. The average Bonchev–Trinajstić information content (AvgIpc) is 2.57. The molecule has 0 amide bonds. The van der Waals surface area contributed by atoms with Gasteiger partial charge in [0.1, 0.15) is 5.75 Å². The van der Waals surface area contributed by atoms with Gasteiger partial charge in [-0.15, -0.1) is 5.11 Å². The maximum absolute atomic E-state index is 11.3. The quantitative estimate of drug-likeness (QED) is 0.375. The molecule has 6 nitrogen and oxygen atoms in total. The molecule has 0 atom stereocenters. The van der Waals surface area contributed by atoms with Crippen LogP contribution in [-0.4, -0.2) is 47.6 Å². The zero-order chi connectivity index (χ0) is 18.2. The topological polar surface area (TPSA) is 99.3 Å². The van der Waals surface area contributed by atoms with E-state index in [1.807, 2.05) is 6.07 Å². The van der Waals surface area contributed by atoms with Crippen LogP contribution < -0.4 is 0 Å². The summed E-state index contributed by atoms with van der Waals surface area (Å²) in [4.78, 5) is -0.354. The second-order valence-electron chi connectivity index (χ2n) is 5.37. The van der Waals surface area contributed by atoms with E-state index in [2.05, 4.69) is 10.2 Å². The molecular formula is C17H13ClN2NaO4S. The molecule has 0 saturated carbocycles. The van der Waals surface area contributed by atoms with Crippen molar-refractivity contribution in [1.82, 2.24) is 0 Å². The van der Waals surface area contributed by atoms with E-state index in [4.69, 9.17) is 11.6 Å². The van der Waals surface area contributed by atoms with Crippen LogP contribution in [0, 0.1) is 6.92 Å². The summed E-state index contributed by atoms with van der Waals surface area (Å²) in [7, 11) is -4.41. The molecular weight excluding hydrogens is 387 g/mol. The van der Waals surface area contributed by atoms with E-state index in [0.717, 1.165) is 6.07 Å². The summed E-state index contributed by atoms with van der Waals surface area (Å²) in [5.74, 6) is 0.127. The van der Waals surface area contributed by atoms with Crippen LogP contribution >= 0.6 is 11.6 Å². The van der Waals surface area contributed by atoms with Gasteiger partial charge >= 0.3 is 0 Å².